The van der Waals surface area contributed by atoms with Crippen molar-refractivity contribution in [2.24, 2.45) is 7.05 Å². The van der Waals surface area contributed by atoms with Crippen LogP contribution < -0.4 is 0 Å². The van der Waals surface area contributed by atoms with Crippen molar-refractivity contribution in [1.82, 2.24) is 14.7 Å². The Hall–Kier alpha value is -1.65. The van der Waals surface area contributed by atoms with E-state index < -0.39 is 0 Å². The SMILES string of the molecule is CN(CCC(=O)c1ccccc1Cl)Cc1cnn(C)c1. The van der Waals surface area contributed by atoms with E-state index in [9.17, 15) is 4.79 Å². The van der Waals surface area contributed by atoms with Crippen molar-refractivity contribution in [2.45, 2.75) is 13.0 Å². The van der Waals surface area contributed by atoms with Gasteiger partial charge in [0, 0.05) is 43.9 Å². The van der Waals surface area contributed by atoms with Crippen LogP contribution in [-0.4, -0.2) is 34.1 Å². The molecule has 1 aromatic carbocycles. The van der Waals surface area contributed by atoms with Crippen molar-refractivity contribution >= 4 is 17.4 Å². The van der Waals surface area contributed by atoms with Crippen LogP contribution in [0.25, 0.3) is 0 Å². The Morgan fingerprint density at radius 3 is 2.80 bits per heavy atom. The molecule has 1 heterocycles. The van der Waals surface area contributed by atoms with Crippen LogP contribution in [-0.2, 0) is 13.6 Å². The third-order valence-electron chi connectivity index (χ3n) is 3.11. The van der Waals surface area contributed by atoms with Gasteiger partial charge < -0.3 is 4.90 Å². The Kier molecular flexibility index (Phi) is 4.93. The number of carbonyl (C=O) groups is 1. The van der Waals surface area contributed by atoms with Gasteiger partial charge in [0.2, 0.25) is 0 Å². The molecule has 4 nitrogen and oxygen atoms in total. The van der Waals surface area contributed by atoms with Crippen LogP contribution in [0.5, 0.6) is 0 Å². The standard InChI is InChI=1S/C15H18ClN3O/c1-18(10-12-9-17-19(2)11-12)8-7-15(20)13-5-3-4-6-14(13)16/h3-6,9,11H,7-8,10H2,1-2H3. The summed E-state index contributed by atoms with van der Waals surface area (Å²) in [7, 11) is 3.89. The molecule has 0 saturated carbocycles. The molecule has 0 aliphatic rings. The molecule has 1 aromatic heterocycles. The van der Waals surface area contributed by atoms with E-state index in [1.165, 1.54) is 0 Å². The fourth-order valence-electron chi connectivity index (χ4n) is 2.06. The minimum absolute atomic E-state index is 0.0774. The summed E-state index contributed by atoms with van der Waals surface area (Å²) in [6.07, 6.45) is 4.28. The first-order valence-corrected chi connectivity index (χ1v) is 6.88. The van der Waals surface area contributed by atoms with Crippen LogP contribution in [0.3, 0.4) is 0 Å². The van der Waals surface area contributed by atoms with Crippen molar-refractivity contribution in [3.63, 3.8) is 0 Å². The van der Waals surface area contributed by atoms with Crippen LogP contribution in [0.15, 0.2) is 36.7 Å². The first kappa shape index (κ1) is 14.8. The van der Waals surface area contributed by atoms with Gasteiger partial charge in [-0.25, -0.2) is 0 Å². The van der Waals surface area contributed by atoms with E-state index in [2.05, 4.69) is 10.00 Å². The molecular formula is C15H18ClN3O. The highest BCUT2D eigenvalue weighted by Gasteiger charge is 2.11. The van der Waals surface area contributed by atoms with Gasteiger partial charge in [0.15, 0.2) is 5.78 Å². The van der Waals surface area contributed by atoms with Gasteiger partial charge in [0.1, 0.15) is 0 Å². The molecule has 2 rings (SSSR count). The predicted molar refractivity (Wildman–Crippen MR) is 79.9 cm³/mol. The third kappa shape index (κ3) is 3.92. The maximum Gasteiger partial charge on any atom is 0.165 e. The number of nitrogens with zero attached hydrogens (tertiary/aromatic N) is 3. The summed E-state index contributed by atoms with van der Waals surface area (Å²) in [5.41, 5.74) is 1.74. The van der Waals surface area contributed by atoms with Gasteiger partial charge in [-0.1, -0.05) is 23.7 Å². The lowest BCUT2D eigenvalue weighted by atomic mass is 10.1. The van der Waals surface area contributed by atoms with Crippen LogP contribution in [0.4, 0.5) is 0 Å². The summed E-state index contributed by atoms with van der Waals surface area (Å²) in [5.74, 6) is 0.0774. The number of benzene rings is 1. The van der Waals surface area contributed by atoms with E-state index in [0.717, 1.165) is 12.1 Å². The Labute approximate surface area is 124 Å². The van der Waals surface area contributed by atoms with Gasteiger partial charge in [-0.05, 0) is 19.2 Å². The highest BCUT2D eigenvalue weighted by molar-refractivity contribution is 6.33. The molecule has 0 N–H and O–H groups in total. The monoisotopic (exact) mass is 291 g/mol. The highest BCUT2D eigenvalue weighted by atomic mass is 35.5. The topological polar surface area (TPSA) is 38.1 Å². The summed E-state index contributed by atoms with van der Waals surface area (Å²) in [6, 6.07) is 7.17. The number of aryl methyl sites for hydroxylation is 1. The van der Waals surface area contributed by atoms with Crippen LogP contribution in [0, 0.1) is 0 Å². The maximum atomic E-state index is 12.1. The van der Waals surface area contributed by atoms with Crippen molar-refractivity contribution in [3.05, 3.63) is 52.8 Å². The number of halogens is 1. The number of Topliss-reactive ketones (excluding diaryl/α,β-unsaturated/α-hetero) is 1. The average Bonchev–Trinajstić information content (AvgIpc) is 2.82. The van der Waals surface area contributed by atoms with E-state index in [1.807, 2.05) is 38.6 Å². The molecular weight excluding hydrogens is 274 g/mol. The molecule has 0 fully saturated rings. The van der Waals surface area contributed by atoms with Crippen molar-refractivity contribution in [3.8, 4) is 0 Å². The minimum atomic E-state index is 0.0774. The molecule has 0 radical (unpaired) electrons. The lowest BCUT2D eigenvalue weighted by Crippen LogP contribution is -2.21. The van der Waals surface area contributed by atoms with Gasteiger partial charge in [-0.2, -0.15) is 5.10 Å². The number of aromatic nitrogens is 2. The average molecular weight is 292 g/mol. The fourth-order valence-corrected chi connectivity index (χ4v) is 2.30. The fraction of sp³-hybridized carbons (Fsp3) is 0.333. The molecule has 0 atom stereocenters. The Morgan fingerprint density at radius 1 is 1.40 bits per heavy atom. The smallest absolute Gasteiger partial charge is 0.165 e. The quantitative estimate of drug-likeness (QED) is 0.768. The zero-order chi connectivity index (χ0) is 14.5. The summed E-state index contributed by atoms with van der Waals surface area (Å²) >= 11 is 6.02. The molecule has 0 saturated heterocycles. The van der Waals surface area contributed by atoms with Gasteiger partial charge in [-0.3, -0.25) is 9.48 Å². The molecule has 0 bridgehead atoms. The van der Waals surface area contributed by atoms with Crippen LogP contribution in [0.1, 0.15) is 22.3 Å². The third-order valence-corrected chi connectivity index (χ3v) is 3.44. The van der Waals surface area contributed by atoms with E-state index in [0.29, 0.717) is 23.6 Å². The second-order valence-electron chi connectivity index (χ2n) is 4.91. The van der Waals surface area contributed by atoms with Crippen LogP contribution in [0.2, 0.25) is 5.02 Å². The number of rotatable bonds is 6. The Morgan fingerprint density at radius 2 is 2.15 bits per heavy atom. The van der Waals surface area contributed by atoms with Crippen molar-refractivity contribution < 1.29 is 4.79 Å². The molecule has 0 unspecified atom stereocenters. The molecule has 0 amide bonds. The van der Waals surface area contributed by atoms with Crippen molar-refractivity contribution in [2.75, 3.05) is 13.6 Å². The van der Waals surface area contributed by atoms with E-state index in [1.54, 1.807) is 16.8 Å². The largest absolute Gasteiger partial charge is 0.302 e. The summed E-state index contributed by atoms with van der Waals surface area (Å²) in [6.45, 7) is 1.47. The lowest BCUT2D eigenvalue weighted by molar-refractivity contribution is 0.0968. The molecule has 0 spiro atoms. The first-order valence-electron chi connectivity index (χ1n) is 6.50. The maximum absolute atomic E-state index is 12.1. The first-order chi connectivity index (χ1) is 9.56. The van der Waals surface area contributed by atoms with Gasteiger partial charge in [0.05, 0.1) is 11.2 Å². The second-order valence-corrected chi connectivity index (χ2v) is 5.32. The van der Waals surface area contributed by atoms with E-state index >= 15 is 0 Å². The zero-order valence-corrected chi connectivity index (χ0v) is 12.5. The normalized spacial score (nSPS) is 11.0. The molecule has 0 aliphatic carbocycles. The Bertz CT molecular complexity index is 594. The molecule has 0 aliphatic heterocycles. The lowest BCUT2D eigenvalue weighted by Gasteiger charge is -2.15. The van der Waals surface area contributed by atoms with Crippen LogP contribution >= 0.6 is 11.6 Å². The summed E-state index contributed by atoms with van der Waals surface area (Å²) < 4.78 is 1.78. The number of ketones is 1. The van der Waals surface area contributed by atoms with E-state index in [4.69, 9.17) is 11.6 Å². The van der Waals surface area contributed by atoms with Gasteiger partial charge in [-0.15, -0.1) is 0 Å². The van der Waals surface area contributed by atoms with E-state index in [-0.39, 0.29) is 5.78 Å². The molecule has 5 heteroatoms. The zero-order valence-electron chi connectivity index (χ0n) is 11.7. The molecule has 20 heavy (non-hydrogen) atoms. The molecule has 106 valence electrons. The predicted octanol–water partition coefficient (Wildman–Crippen LogP) is 2.78. The summed E-state index contributed by atoms with van der Waals surface area (Å²) in [4.78, 5) is 14.2. The van der Waals surface area contributed by atoms with Gasteiger partial charge >= 0.3 is 0 Å². The number of hydrogen-bond acceptors (Lipinski definition) is 3. The number of hydrogen-bond donors (Lipinski definition) is 0. The minimum Gasteiger partial charge on any atom is -0.302 e. The second kappa shape index (κ2) is 6.68. The molecule has 2 aromatic rings. The van der Waals surface area contributed by atoms with Gasteiger partial charge in [0.25, 0.3) is 0 Å². The Balaban J connectivity index is 1.85. The highest BCUT2D eigenvalue weighted by Crippen LogP contribution is 2.16. The van der Waals surface area contributed by atoms with Crippen molar-refractivity contribution in [1.29, 1.82) is 0 Å². The summed E-state index contributed by atoms with van der Waals surface area (Å²) in [5, 5.41) is 4.65. The number of carbonyl (C=O) groups excluding carboxylic acids is 1.